The number of ether oxygens (including phenoxy) is 1. The molecule has 7 heavy (non-hydrogen) atoms. The third-order valence-corrected chi connectivity index (χ3v) is 0.841. The van der Waals surface area contributed by atoms with Crippen molar-refractivity contribution in [3.8, 4) is 0 Å². The summed E-state index contributed by atoms with van der Waals surface area (Å²) in [6, 6.07) is 0. The average Bonchev–Trinajstić information content (AvgIpc) is 1.90. The van der Waals surface area contributed by atoms with Gasteiger partial charge in [-0.15, -0.1) is 0 Å². The molecule has 0 spiro atoms. The van der Waals surface area contributed by atoms with Crippen LogP contribution >= 0.6 is 0 Å². The van der Waals surface area contributed by atoms with Gasteiger partial charge in [-0.05, 0) is 12.8 Å². The van der Waals surface area contributed by atoms with E-state index in [1.807, 2.05) is 0 Å². The van der Waals surface area contributed by atoms with E-state index >= 15 is 0 Å². The predicted molar refractivity (Wildman–Crippen MR) is 28.0 cm³/mol. The first kappa shape index (κ1) is 4.62. The second kappa shape index (κ2) is 2.61. The van der Waals surface area contributed by atoms with Crippen LogP contribution in [0, 0.1) is 6.61 Å². The van der Waals surface area contributed by atoms with Crippen molar-refractivity contribution < 1.29 is 4.74 Å². The molecule has 0 aromatic heterocycles. The Kier molecular flexibility index (Phi) is 1.72. The zero-order chi connectivity index (χ0) is 4.95. The molecule has 0 bridgehead atoms. The lowest BCUT2D eigenvalue weighted by Crippen LogP contribution is -1.77. The van der Waals surface area contributed by atoms with E-state index < -0.39 is 0 Å². The summed E-state index contributed by atoms with van der Waals surface area (Å²) >= 11 is 0. The van der Waals surface area contributed by atoms with Crippen molar-refractivity contribution in [2.45, 2.75) is 12.8 Å². The Labute approximate surface area is 43.2 Å². The van der Waals surface area contributed by atoms with Crippen molar-refractivity contribution in [2.24, 2.45) is 4.99 Å². The molecule has 0 amide bonds. The van der Waals surface area contributed by atoms with E-state index in [0.29, 0.717) is 0 Å². The summed E-state index contributed by atoms with van der Waals surface area (Å²) in [6.07, 6.45) is 3.64. The fourth-order valence-corrected chi connectivity index (χ4v) is 0.473. The molecule has 0 fully saturated rings. The van der Waals surface area contributed by atoms with Gasteiger partial charge in [0.15, 0.2) is 6.40 Å². The zero-order valence-electron chi connectivity index (χ0n) is 4.13. The van der Waals surface area contributed by atoms with Crippen LogP contribution in [0.4, 0.5) is 0 Å². The van der Waals surface area contributed by atoms with Crippen LogP contribution < -0.4 is 0 Å². The molecule has 0 atom stereocenters. The molecule has 0 aliphatic carbocycles. The number of rotatable bonds is 0. The molecule has 1 heterocycles. The van der Waals surface area contributed by atoms with E-state index in [-0.39, 0.29) is 0 Å². The van der Waals surface area contributed by atoms with Gasteiger partial charge >= 0.3 is 0 Å². The van der Waals surface area contributed by atoms with Crippen LogP contribution in [0.2, 0.25) is 0 Å². The van der Waals surface area contributed by atoms with Crippen LogP contribution in [-0.2, 0) is 4.74 Å². The second-order valence-electron chi connectivity index (χ2n) is 1.46. The van der Waals surface area contributed by atoms with Crippen LogP contribution in [0.5, 0.6) is 0 Å². The van der Waals surface area contributed by atoms with Gasteiger partial charge in [0, 0.05) is 6.54 Å². The van der Waals surface area contributed by atoms with Gasteiger partial charge in [-0.3, -0.25) is 4.99 Å². The lowest BCUT2D eigenvalue weighted by atomic mass is 10.3. The van der Waals surface area contributed by atoms with Gasteiger partial charge in [0.25, 0.3) is 0 Å². The van der Waals surface area contributed by atoms with E-state index in [1.54, 1.807) is 6.61 Å². The highest BCUT2D eigenvalue weighted by molar-refractivity contribution is 5.47. The van der Waals surface area contributed by atoms with Crippen molar-refractivity contribution in [1.29, 1.82) is 0 Å². The molecular formula is C5H8NO. The second-order valence-corrected chi connectivity index (χ2v) is 1.46. The highest BCUT2D eigenvalue weighted by Crippen LogP contribution is 1.97. The van der Waals surface area contributed by atoms with Crippen LogP contribution in [0.1, 0.15) is 12.8 Å². The fourth-order valence-electron chi connectivity index (χ4n) is 0.473. The molecule has 2 nitrogen and oxygen atoms in total. The number of nitrogens with zero attached hydrogens (tertiary/aromatic N) is 1. The summed E-state index contributed by atoms with van der Waals surface area (Å²) in [5.74, 6) is 0. The predicted octanol–water partition coefficient (Wildman–Crippen LogP) is 0.987. The number of hydrogen-bond donors (Lipinski definition) is 0. The molecule has 0 N–H and O–H groups in total. The van der Waals surface area contributed by atoms with Crippen LogP contribution in [0.25, 0.3) is 0 Å². The van der Waals surface area contributed by atoms with E-state index in [2.05, 4.69) is 4.99 Å². The van der Waals surface area contributed by atoms with Gasteiger partial charge in [0.05, 0.1) is 0 Å². The number of aliphatic imine (C=N–C) groups is 1. The first-order valence-corrected chi connectivity index (χ1v) is 2.45. The van der Waals surface area contributed by atoms with Gasteiger partial charge in [-0.1, -0.05) is 0 Å². The standard InChI is InChI=1S/C5H8NO/c1-2-4-7-5-6-3-1/h4-5H,1-3H2. The van der Waals surface area contributed by atoms with Crippen LogP contribution in [0.3, 0.4) is 0 Å². The van der Waals surface area contributed by atoms with Crippen molar-refractivity contribution in [3.05, 3.63) is 6.61 Å². The highest BCUT2D eigenvalue weighted by atomic mass is 16.5. The van der Waals surface area contributed by atoms with Crippen molar-refractivity contribution in [2.75, 3.05) is 6.54 Å². The smallest absolute Gasteiger partial charge is 0.170 e. The van der Waals surface area contributed by atoms with Gasteiger partial charge in [-0.25, -0.2) is 0 Å². The highest BCUT2D eigenvalue weighted by Gasteiger charge is 1.90. The molecule has 1 rings (SSSR count). The maximum Gasteiger partial charge on any atom is 0.170 e. The summed E-state index contributed by atoms with van der Waals surface area (Å²) < 4.78 is 4.78. The minimum atomic E-state index is 0.913. The minimum absolute atomic E-state index is 0.913. The fraction of sp³-hybridized carbons (Fsp3) is 0.600. The summed E-state index contributed by atoms with van der Waals surface area (Å²) in [5.41, 5.74) is 0. The summed E-state index contributed by atoms with van der Waals surface area (Å²) in [5, 5.41) is 0. The molecule has 0 saturated carbocycles. The van der Waals surface area contributed by atoms with Gasteiger partial charge in [0.2, 0.25) is 0 Å². The lowest BCUT2D eigenvalue weighted by molar-refractivity contribution is 0.404. The zero-order valence-corrected chi connectivity index (χ0v) is 4.13. The maximum absolute atomic E-state index is 4.78. The Hall–Kier alpha value is -0.530. The van der Waals surface area contributed by atoms with E-state index in [0.717, 1.165) is 19.4 Å². The van der Waals surface area contributed by atoms with Gasteiger partial charge in [0.1, 0.15) is 6.61 Å². The SMILES string of the molecule is [CH]1CCCN=CO1. The Morgan fingerprint density at radius 2 is 2.57 bits per heavy atom. The number of hydrogen-bond acceptors (Lipinski definition) is 2. The van der Waals surface area contributed by atoms with Crippen LogP contribution in [0.15, 0.2) is 4.99 Å². The lowest BCUT2D eigenvalue weighted by Gasteiger charge is -1.87. The topological polar surface area (TPSA) is 21.6 Å². The first-order chi connectivity index (χ1) is 3.50. The average molecular weight is 98.1 g/mol. The van der Waals surface area contributed by atoms with Gasteiger partial charge in [-0.2, -0.15) is 0 Å². The summed E-state index contributed by atoms with van der Waals surface area (Å²) in [7, 11) is 0. The van der Waals surface area contributed by atoms with E-state index in [4.69, 9.17) is 4.74 Å². The Morgan fingerprint density at radius 3 is 3.57 bits per heavy atom. The van der Waals surface area contributed by atoms with Crippen LogP contribution in [-0.4, -0.2) is 12.9 Å². The molecule has 1 radical (unpaired) electrons. The summed E-state index contributed by atoms with van der Waals surface area (Å²) in [4.78, 5) is 3.89. The van der Waals surface area contributed by atoms with Crippen molar-refractivity contribution in [1.82, 2.24) is 0 Å². The minimum Gasteiger partial charge on any atom is -0.476 e. The molecule has 2 heteroatoms. The molecule has 0 aromatic rings. The third kappa shape index (κ3) is 1.57. The Bertz CT molecular complexity index is 62.5. The van der Waals surface area contributed by atoms with E-state index in [9.17, 15) is 0 Å². The van der Waals surface area contributed by atoms with Gasteiger partial charge < -0.3 is 4.74 Å². The normalized spacial score (nSPS) is 20.6. The molecule has 1 aliphatic heterocycles. The third-order valence-electron chi connectivity index (χ3n) is 0.841. The molecule has 0 saturated heterocycles. The quantitative estimate of drug-likeness (QED) is 0.442. The van der Waals surface area contributed by atoms with Crippen molar-refractivity contribution >= 4 is 6.40 Å². The molecule has 1 aliphatic rings. The van der Waals surface area contributed by atoms with Crippen molar-refractivity contribution in [3.63, 3.8) is 0 Å². The monoisotopic (exact) mass is 98.1 g/mol. The summed E-state index contributed by atoms with van der Waals surface area (Å²) in [6.45, 7) is 2.69. The molecular weight excluding hydrogens is 90.1 g/mol. The molecule has 0 unspecified atom stereocenters. The van der Waals surface area contributed by atoms with E-state index in [1.165, 1.54) is 6.40 Å². The Balaban J connectivity index is 2.20. The Morgan fingerprint density at radius 1 is 1.57 bits per heavy atom. The maximum atomic E-state index is 4.78. The molecule has 39 valence electrons. The molecule has 0 aromatic carbocycles. The largest absolute Gasteiger partial charge is 0.476 e. The first-order valence-electron chi connectivity index (χ1n) is 2.45.